The predicted molar refractivity (Wildman–Crippen MR) is 74.9 cm³/mol. The first-order valence-electron chi connectivity index (χ1n) is 7.04. The van der Waals surface area contributed by atoms with Crippen LogP contribution in [-0.2, 0) is 14.3 Å². The third-order valence-electron chi connectivity index (χ3n) is 3.53. The molecular formula is C14H19N3O5. The zero-order chi connectivity index (χ0) is 15.9. The lowest BCUT2D eigenvalue weighted by Gasteiger charge is -2.35. The number of rotatable bonds is 5. The van der Waals surface area contributed by atoms with E-state index in [0.29, 0.717) is 12.8 Å². The fourth-order valence-corrected chi connectivity index (χ4v) is 2.37. The van der Waals surface area contributed by atoms with Gasteiger partial charge in [-0.05, 0) is 12.8 Å². The van der Waals surface area contributed by atoms with Crippen LogP contribution in [0.15, 0.2) is 18.6 Å². The second kappa shape index (κ2) is 7.81. The molecule has 0 aromatic carbocycles. The molecule has 0 saturated carbocycles. The molecule has 2 heterocycles. The molecule has 2 rings (SSSR count). The third kappa shape index (κ3) is 4.22. The lowest BCUT2D eigenvalue weighted by Crippen LogP contribution is -2.51. The van der Waals surface area contributed by atoms with E-state index in [9.17, 15) is 14.7 Å². The molecular weight excluding hydrogens is 290 g/mol. The van der Waals surface area contributed by atoms with E-state index in [1.54, 1.807) is 0 Å². The van der Waals surface area contributed by atoms with Gasteiger partial charge in [-0.1, -0.05) is 0 Å². The molecule has 2 N–H and O–H groups in total. The zero-order valence-electron chi connectivity index (χ0n) is 12.3. The van der Waals surface area contributed by atoms with Crippen LogP contribution >= 0.6 is 0 Å². The van der Waals surface area contributed by atoms with Crippen molar-refractivity contribution >= 4 is 11.9 Å². The molecule has 1 aliphatic rings. The summed E-state index contributed by atoms with van der Waals surface area (Å²) in [4.78, 5) is 31.1. The minimum atomic E-state index is -0.566. The minimum Gasteiger partial charge on any atom is -0.469 e. The Bertz CT molecular complexity index is 510. The van der Waals surface area contributed by atoms with Crippen molar-refractivity contribution in [2.75, 3.05) is 13.7 Å². The third-order valence-corrected chi connectivity index (χ3v) is 3.53. The van der Waals surface area contributed by atoms with Crippen molar-refractivity contribution in [3.05, 3.63) is 24.3 Å². The van der Waals surface area contributed by atoms with E-state index in [1.165, 1.54) is 25.7 Å². The summed E-state index contributed by atoms with van der Waals surface area (Å²) in [6.45, 7) is -0.247. The van der Waals surface area contributed by atoms with Crippen LogP contribution in [0.1, 0.15) is 29.8 Å². The Morgan fingerprint density at radius 2 is 2.27 bits per heavy atom. The summed E-state index contributed by atoms with van der Waals surface area (Å²) in [6.07, 6.45) is 4.73. The van der Waals surface area contributed by atoms with Crippen molar-refractivity contribution in [1.82, 2.24) is 15.3 Å². The zero-order valence-corrected chi connectivity index (χ0v) is 12.3. The normalized spacial score (nSPS) is 24.5. The maximum Gasteiger partial charge on any atom is 0.308 e. The molecule has 22 heavy (non-hydrogen) atoms. The number of esters is 1. The molecule has 1 aromatic heterocycles. The van der Waals surface area contributed by atoms with E-state index in [1.807, 2.05) is 0 Å². The van der Waals surface area contributed by atoms with Crippen LogP contribution in [0.3, 0.4) is 0 Å². The first kappa shape index (κ1) is 16.3. The summed E-state index contributed by atoms with van der Waals surface area (Å²) in [5.41, 5.74) is 0.205. The maximum absolute atomic E-state index is 12.1. The highest BCUT2D eigenvalue weighted by atomic mass is 16.5. The average Bonchev–Trinajstić information content (AvgIpc) is 2.56. The lowest BCUT2D eigenvalue weighted by molar-refractivity contribution is -0.149. The quantitative estimate of drug-likeness (QED) is 0.717. The summed E-state index contributed by atoms with van der Waals surface area (Å²) < 4.78 is 10.3. The van der Waals surface area contributed by atoms with Gasteiger partial charge in [-0.25, -0.2) is 4.98 Å². The Hall–Kier alpha value is -2.06. The molecule has 0 bridgehead atoms. The average molecular weight is 309 g/mol. The van der Waals surface area contributed by atoms with E-state index in [-0.39, 0.29) is 42.7 Å². The van der Waals surface area contributed by atoms with E-state index < -0.39 is 6.10 Å². The number of amides is 1. The Morgan fingerprint density at radius 3 is 2.91 bits per heavy atom. The molecule has 0 spiro atoms. The van der Waals surface area contributed by atoms with Crippen molar-refractivity contribution in [2.45, 2.75) is 37.5 Å². The molecule has 1 fully saturated rings. The van der Waals surface area contributed by atoms with Gasteiger partial charge in [0.1, 0.15) is 11.8 Å². The summed E-state index contributed by atoms with van der Waals surface area (Å²) in [5, 5.41) is 12.2. The minimum absolute atomic E-state index is 0.137. The van der Waals surface area contributed by atoms with Crippen LogP contribution in [0.5, 0.6) is 0 Å². The molecule has 3 atom stereocenters. The molecule has 0 unspecified atom stereocenters. The molecule has 8 nitrogen and oxygen atoms in total. The monoisotopic (exact) mass is 309 g/mol. The van der Waals surface area contributed by atoms with Crippen LogP contribution < -0.4 is 5.32 Å². The molecule has 120 valence electrons. The number of hydrogen-bond acceptors (Lipinski definition) is 7. The van der Waals surface area contributed by atoms with Gasteiger partial charge in [0.05, 0.1) is 38.5 Å². The highest BCUT2D eigenvalue weighted by Crippen LogP contribution is 2.22. The number of aromatic nitrogens is 2. The second-order valence-corrected chi connectivity index (χ2v) is 5.01. The highest BCUT2D eigenvalue weighted by molar-refractivity contribution is 5.92. The SMILES string of the molecule is COC(=O)C[C@@H]1CC[C@H](NC(=O)c2cnccn2)[C@@H](CO)O1. The van der Waals surface area contributed by atoms with Crippen LogP contribution in [-0.4, -0.2) is 58.9 Å². The highest BCUT2D eigenvalue weighted by Gasteiger charge is 2.33. The van der Waals surface area contributed by atoms with Crippen molar-refractivity contribution in [3.8, 4) is 0 Å². The number of carbonyl (C=O) groups is 2. The van der Waals surface area contributed by atoms with Crippen molar-refractivity contribution < 1.29 is 24.2 Å². The lowest BCUT2D eigenvalue weighted by atomic mass is 9.97. The van der Waals surface area contributed by atoms with Crippen molar-refractivity contribution in [3.63, 3.8) is 0 Å². The summed E-state index contributed by atoms with van der Waals surface area (Å²) >= 11 is 0. The first-order valence-corrected chi connectivity index (χ1v) is 7.04. The van der Waals surface area contributed by atoms with Gasteiger partial charge in [0.2, 0.25) is 0 Å². The van der Waals surface area contributed by atoms with Gasteiger partial charge in [-0.15, -0.1) is 0 Å². The first-order chi connectivity index (χ1) is 10.6. The van der Waals surface area contributed by atoms with E-state index in [0.717, 1.165) is 0 Å². The maximum atomic E-state index is 12.1. The van der Waals surface area contributed by atoms with Gasteiger partial charge in [0.15, 0.2) is 0 Å². The van der Waals surface area contributed by atoms with Gasteiger partial charge in [-0.2, -0.15) is 0 Å². The standard InChI is InChI=1S/C14H19N3O5/c1-21-13(19)6-9-2-3-10(12(8-18)22-9)17-14(20)11-7-15-4-5-16-11/h4-5,7,9-10,12,18H,2-3,6,8H2,1H3,(H,17,20)/t9-,10-,12+/m0/s1. The number of ether oxygens (including phenoxy) is 2. The van der Waals surface area contributed by atoms with Crippen LogP contribution in [0, 0.1) is 0 Å². The van der Waals surface area contributed by atoms with Gasteiger partial charge in [-0.3, -0.25) is 14.6 Å². The molecule has 0 radical (unpaired) electrons. The number of hydrogen-bond donors (Lipinski definition) is 2. The van der Waals surface area contributed by atoms with Crippen molar-refractivity contribution in [2.24, 2.45) is 0 Å². The molecule has 0 aliphatic carbocycles. The van der Waals surface area contributed by atoms with Crippen LogP contribution in [0.25, 0.3) is 0 Å². The van der Waals surface area contributed by atoms with E-state index in [2.05, 4.69) is 20.0 Å². The number of carbonyl (C=O) groups excluding carboxylic acids is 2. The van der Waals surface area contributed by atoms with Gasteiger partial charge in [0.25, 0.3) is 5.91 Å². The predicted octanol–water partition coefficient (Wildman–Crippen LogP) is -0.322. The largest absolute Gasteiger partial charge is 0.469 e. The Balaban J connectivity index is 1.92. The molecule has 1 amide bonds. The van der Waals surface area contributed by atoms with Gasteiger partial charge < -0.3 is 19.9 Å². The van der Waals surface area contributed by atoms with E-state index in [4.69, 9.17) is 4.74 Å². The van der Waals surface area contributed by atoms with Crippen molar-refractivity contribution in [1.29, 1.82) is 0 Å². The van der Waals surface area contributed by atoms with Crippen LogP contribution in [0.2, 0.25) is 0 Å². The Labute approximate surface area is 127 Å². The molecule has 1 saturated heterocycles. The summed E-state index contributed by atoms with van der Waals surface area (Å²) in [7, 11) is 1.32. The molecule has 1 aliphatic heterocycles. The smallest absolute Gasteiger partial charge is 0.308 e. The van der Waals surface area contributed by atoms with Gasteiger partial charge >= 0.3 is 5.97 Å². The van der Waals surface area contributed by atoms with Crippen LogP contribution in [0.4, 0.5) is 0 Å². The molecule has 1 aromatic rings. The topological polar surface area (TPSA) is 111 Å². The summed E-state index contributed by atoms with van der Waals surface area (Å²) in [6, 6.07) is -0.339. The second-order valence-electron chi connectivity index (χ2n) is 5.01. The fourth-order valence-electron chi connectivity index (χ4n) is 2.37. The number of methoxy groups -OCH3 is 1. The number of nitrogens with zero attached hydrogens (tertiary/aromatic N) is 2. The van der Waals surface area contributed by atoms with Gasteiger partial charge in [0, 0.05) is 12.4 Å². The fraction of sp³-hybridized carbons (Fsp3) is 0.571. The summed E-state index contributed by atoms with van der Waals surface area (Å²) in [5.74, 6) is -0.727. The number of nitrogens with one attached hydrogen (secondary N) is 1. The Morgan fingerprint density at radius 1 is 1.45 bits per heavy atom. The number of aliphatic hydroxyl groups is 1. The van der Waals surface area contributed by atoms with E-state index >= 15 is 0 Å². The number of aliphatic hydroxyl groups excluding tert-OH is 1. The Kier molecular flexibility index (Phi) is 5.79. The molecule has 8 heteroatoms.